The Labute approximate surface area is 107 Å². The van der Waals surface area contributed by atoms with E-state index >= 15 is 0 Å². The number of carbonyl (C=O) groups is 2. The molecule has 1 amide bonds. The number of amides is 1. The highest BCUT2D eigenvalue weighted by Crippen LogP contribution is 2.46. The second-order valence-corrected chi connectivity index (χ2v) is 5.14. The average molecular weight is 281 g/mol. The Bertz CT molecular complexity index is 390. The molecule has 1 aliphatic heterocycles. The number of carboxylic acid groups (broad SMARTS) is 1. The number of hydrogen-bond donors (Lipinski definition) is 2. The number of aliphatic carboxylic acids is 1. The van der Waals surface area contributed by atoms with E-state index in [1.54, 1.807) is 0 Å². The van der Waals surface area contributed by atoms with Gasteiger partial charge in [0.2, 0.25) is 0 Å². The Balaban J connectivity index is 1.89. The topological polar surface area (TPSA) is 75.6 Å². The van der Waals surface area contributed by atoms with E-state index < -0.39 is 35.6 Å². The quantitative estimate of drug-likeness (QED) is 0.794. The third-order valence-corrected chi connectivity index (χ3v) is 3.67. The zero-order valence-corrected chi connectivity index (χ0v) is 10.00. The first-order chi connectivity index (χ1) is 8.72. The van der Waals surface area contributed by atoms with Gasteiger partial charge in [-0.25, -0.2) is 0 Å². The molecular formula is C11H14F3NO4. The summed E-state index contributed by atoms with van der Waals surface area (Å²) in [6.45, 7) is 0.231. The number of carbonyl (C=O) groups excluding carboxylic acids is 1. The lowest BCUT2D eigenvalue weighted by Crippen LogP contribution is -2.57. The van der Waals surface area contributed by atoms with Crippen LogP contribution in [0.5, 0.6) is 0 Å². The van der Waals surface area contributed by atoms with Gasteiger partial charge >= 0.3 is 18.1 Å². The molecule has 1 aliphatic carbocycles. The summed E-state index contributed by atoms with van der Waals surface area (Å²) in [6.07, 6.45) is -3.77. The van der Waals surface area contributed by atoms with E-state index in [1.165, 1.54) is 0 Å². The van der Waals surface area contributed by atoms with Crippen molar-refractivity contribution in [2.24, 2.45) is 5.92 Å². The molecule has 2 N–H and O–H groups in total. The fraction of sp³-hybridized carbons (Fsp3) is 0.818. The number of halogens is 3. The van der Waals surface area contributed by atoms with Crippen LogP contribution < -0.4 is 5.32 Å². The minimum absolute atomic E-state index is 0.231. The maximum Gasteiger partial charge on any atom is 0.471 e. The molecule has 1 atom stereocenters. The Morgan fingerprint density at radius 2 is 1.89 bits per heavy atom. The molecule has 1 heterocycles. The molecule has 5 nitrogen and oxygen atoms in total. The van der Waals surface area contributed by atoms with E-state index in [0.29, 0.717) is 19.3 Å². The number of alkyl halides is 3. The van der Waals surface area contributed by atoms with Gasteiger partial charge in [0.15, 0.2) is 0 Å². The molecule has 2 fully saturated rings. The minimum Gasteiger partial charge on any atom is -0.481 e. The summed E-state index contributed by atoms with van der Waals surface area (Å²) in [5.74, 6) is -3.38. The fourth-order valence-electron chi connectivity index (χ4n) is 2.72. The summed E-state index contributed by atoms with van der Waals surface area (Å²) in [6, 6.07) is -0.613. The summed E-state index contributed by atoms with van der Waals surface area (Å²) in [5, 5.41) is 10.7. The molecule has 1 spiro atoms. The largest absolute Gasteiger partial charge is 0.481 e. The first-order valence-electron chi connectivity index (χ1n) is 5.96. The Morgan fingerprint density at radius 3 is 2.42 bits per heavy atom. The van der Waals surface area contributed by atoms with Crippen molar-refractivity contribution in [3.8, 4) is 0 Å². The van der Waals surface area contributed by atoms with Crippen molar-refractivity contribution in [1.29, 1.82) is 0 Å². The lowest BCUT2D eigenvalue weighted by Gasteiger charge is -2.50. The van der Waals surface area contributed by atoms with Crippen LogP contribution in [0, 0.1) is 5.92 Å². The van der Waals surface area contributed by atoms with Gasteiger partial charge in [-0.05, 0) is 25.7 Å². The molecule has 19 heavy (non-hydrogen) atoms. The molecular weight excluding hydrogens is 267 g/mol. The van der Waals surface area contributed by atoms with E-state index in [2.05, 4.69) is 0 Å². The smallest absolute Gasteiger partial charge is 0.471 e. The maximum atomic E-state index is 12.1. The van der Waals surface area contributed by atoms with E-state index in [-0.39, 0.29) is 13.0 Å². The number of nitrogens with one attached hydrogen (secondary N) is 1. The van der Waals surface area contributed by atoms with E-state index in [9.17, 15) is 22.8 Å². The maximum absolute atomic E-state index is 12.1. The predicted molar refractivity (Wildman–Crippen MR) is 56.3 cm³/mol. The Hall–Kier alpha value is -1.31. The van der Waals surface area contributed by atoms with Gasteiger partial charge in [-0.1, -0.05) is 0 Å². The molecule has 1 unspecified atom stereocenters. The summed E-state index contributed by atoms with van der Waals surface area (Å²) < 4.78 is 41.9. The van der Waals surface area contributed by atoms with Gasteiger partial charge in [0, 0.05) is 12.6 Å². The number of ether oxygens (including phenoxy) is 1. The van der Waals surface area contributed by atoms with Crippen molar-refractivity contribution in [1.82, 2.24) is 5.32 Å². The molecule has 8 heteroatoms. The first-order valence-corrected chi connectivity index (χ1v) is 5.96. The first kappa shape index (κ1) is 14.1. The van der Waals surface area contributed by atoms with Crippen molar-refractivity contribution in [3.63, 3.8) is 0 Å². The molecule has 108 valence electrons. The van der Waals surface area contributed by atoms with Gasteiger partial charge < -0.3 is 15.2 Å². The Morgan fingerprint density at radius 1 is 1.26 bits per heavy atom. The summed E-state index contributed by atoms with van der Waals surface area (Å²) in [4.78, 5) is 21.6. The minimum atomic E-state index is -4.89. The average Bonchev–Trinajstić information content (AvgIpc) is 2.24. The monoisotopic (exact) mass is 281 g/mol. The molecule has 0 aromatic heterocycles. The molecule has 2 rings (SSSR count). The lowest BCUT2D eigenvalue weighted by atomic mass is 9.66. The van der Waals surface area contributed by atoms with Crippen molar-refractivity contribution < 1.29 is 32.6 Å². The van der Waals surface area contributed by atoms with E-state index in [0.717, 1.165) is 0 Å². The third-order valence-electron chi connectivity index (χ3n) is 3.67. The number of carboxylic acids is 1. The van der Waals surface area contributed by atoms with Crippen molar-refractivity contribution in [3.05, 3.63) is 0 Å². The highest BCUT2D eigenvalue weighted by atomic mass is 19.4. The molecule has 0 aromatic rings. The third kappa shape index (κ3) is 2.99. The van der Waals surface area contributed by atoms with Crippen LogP contribution in [-0.4, -0.2) is 41.4 Å². The van der Waals surface area contributed by atoms with Crippen LogP contribution in [0.25, 0.3) is 0 Å². The zero-order chi connectivity index (χ0) is 14.3. The van der Waals surface area contributed by atoms with Crippen LogP contribution in [-0.2, 0) is 14.3 Å². The SMILES string of the molecule is O=C(O)C1CC2(CC(NC(=O)C(F)(F)F)CCO2)C1. The van der Waals surface area contributed by atoms with Crippen LogP contribution in [0.2, 0.25) is 0 Å². The van der Waals surface area contributed by atoms with Gasteiger partial charge in [-0.2, -0.15) is 13.2 Å². The molecule has 0 bridgehead atoms. The summed E-state index contributed by atoms with van der Waals surface area (Å²) in [5.41, 5.74) is -0.676. The molecule has 0 aromatic carbocycles. The second kappa shape index (κ2) is 4.66. The normalized spacial score (nSPS) is 34.7. The predicted octanol–water partition coefficient (Wildman–Crippen LogP) is 1.08. The number of rotatable bonds is 2. The van der Waals surface area contributed by atoms with Gasteiger partial charge in [-0.3, -0.25) is 9.59 Å². The van der Waals surface area contributed by atoms with Gasteiger partial charge in [0.05, 0.1) is 11.5 Å². The summed E-state index contributed by atoms with van der Waals surface area (Å²) >= 11 is 0. The molecule has 0 radical (unpaired) electrons. The Kier molecular flexibility index (Phi) is 3.46. The van der Waals surface area contributed by atoms with Crippen molar-refractivity contribution in [2.45, 2.75) is 43.5 Å². The van der Waals surface area contributed by atoms with Crippen LogP contribution in [0.1, 0.15) is 25.7 Å². The van der Waals surface area contributed by atoms with Gasteiger partial charge in [0.25, 0.3) is 0 Å². The highest BCUT2D eigenvalue weighted by molar-refractivity contribution is 5.82. The lowest BCUT2D eigenvalue weighted by molar-refractivity contribution is -0.187. The standard InChI is InChI=1S/C11H14F3NO4/c12-11(13,14)9(18)15-7-1-2-19-10(5-7)3-6(4-10)8(16)17/h6-7H,1-5H2,(H,15,18)(H,16,17). The molecule has 1 saturated heterocycles. The van der Waals surface area contributed by atoms with Gasteiger partial charge in [-0.15, -0.1) is 0 Å². The van der Waals surface area contributed by atoms with Crippen LogP contribution in [0.3, 0.4) is 0 Å². The van der Waals surface area contributed by atoms with Crippen LogP contribution in [0.15, 0.2) is 0 Å². The number of hydrogen-bond acceptors (Lipinski definition) is 3. The molecule has 2 aliphatic rings. The van der Waals surface area contributed by atoms with E-state index in [4.69, 9.17) is 9.84 Å². The van der Waals surface area contributed by atoms with Crippen LogP contribution >= 0.6 is 0 Å². The zero-order valence-electron chi connectivity index (χ0n) is 10.00. The summed E-state index contributed by atoms with van der Waals surface area (Å²) in [7, 11) is 0. The van der Waals surface area contributed by atoms with Crippen molar-refractivity contribution >= 4 is 11.9 Å². The highest BCUT2D eigenvalue weighted by Gasteiger charge is 2.52. The fourth-order valence-corrected chi connectivity index (χ4v) is 2.72. The molecule has 1 saturated carbocycles. The van der Waals surface area contributed by atoms with E-state index in [1.807, 2.05) is 5.32 Å². The van der Waals surface area contributed by atoms with Crippen molar-refractivity contribution in [2.75, 3.05) is 6.61 Å². The van der Waals surface area contributed by atoms with Crippen LogP contribution in [0.4, 0.5) is 13.2 Å². The second-order valence-electron chi connectivity index (χ2n) is 5.14. The van der Waals surface area contributed by atoms with Gasteiger partial charge in [0.1, 0.15) is 0 Å².